The van der Waals surface area contributed by atoms with Crippen molar-refractivity contribution >= 4 is 65.4 Å². The molecule has 0 aliphatic rings. The SMILES string of the molecule is COC(=O)c1cc(Br)cc(Br)c1NC(=O)CCBr. The Kier molecular flexibility index (Phi) is 6.31. The molecule has 1 amide bonds. The minimum atomic E-state index is -0.508. The summed E-state index contributed by atoms with van der Waals surface area (Å²) in [6.45, 7) is 0. The lowest BCUT2D eigenvalue weighted by molar-refractivity contribution is -0.115. The van der Waals surface area contributed by atoms with Gasteiger partial charge in [-0.2, -0.15) is 0 Å². The number of ether oxygens (including phenoxy) is 1. The highest BCUT2D eigenvalue weighted by Crippen LogP contribution is 2.31. The number of methoxy groups -OCH3 is 1. The summed E-state index contributed by atoms with van der Waals surface area (Å²) in [5.74, 6) is -0.689. The number of hydrogen-bond acceptors (Lipinski definition) is 3. The Labute approximate surface area is 130 Å². The second kappa shape index (κ2) is 7.25. The van der Waals surface area contributed by atoms with Gasteiger partial charge in [0.25, 0.3) is 0 Å². The lowest BCUT2D eigenvalue weighted by Crippen LogP contribution is -2.16. The van der Waals surface area contributed by atoms with Crippen LogP contribution in [0.1, 0.15) is 16.8 Å². The second-order valence-electron chi connectivity index (χ2n) is 3.29. The fraction of sp³-hybridized carbons (Fsp3) is 0.273. The zero-order valence-electron chi connectivity index (χ0n) is 9.43. The molecule has 1 N–H and O–H groups in total. The molecule has 0 bridgehead atoms. The number of amides is 1. The van der Waals surface area contributed by atoms with Crippen molar-refractivity contribution in [2.24, 2.45) is 0 Å². The maximum Gasteiger partial charge on any atom is 0.340 e. The molecule has 98 valence electrons. The number of hydrogen-bond donors (Lipinski definition) is 1. The molecule has 0 heterocycles. The molecule has 0 aliphatic carbocycles. The highest BCUT2D eigenvalue weighted by molar-refractivity contribution is 9.11. The number of carbonyl (C=O) groups excluding carboxylic acids is 2. The molecule has 7 heteroatoms. The third-order valence-corrected chi connectivity index (χ3v) is 3.53. The molecule has 1 aromatic rings. The standard InChI is InChI=1S/C11H10Br3NO3/c1-18-11(17)7-4-6(13)5-8(14)10(7)15-9(16)2-3-12/h4-5H,2-3H2,1H3,(H,15,16). The fourth-order valence-electron chi connectivity index (χ4n) is 1.26. The van der Waals surface area contributed by atoms with Gasteiger partial charge >= 0.3 is 5.97 Å². The first-order valence-electron chi connectivity index (χ1n) is 4.92. The predicted octanol–water partition coefficient (Wildman–Crippen LogP) is 3.72. The first-order valence-corrected chi connectivity index (χ1v) is 7.63. The molecule has 0 radical (unpaired) electrons. The van der Waals surface area contributed by atoms with E-state index in [1.165, 1.54) is 7.11 Å². The maximum absolute atomic E-state index is 11.7. The van der Waals surface area contributed by atoms with Gasteiger partial charge in [-0.1, -0.05) is 31.9 Å². The number of halogens is 3. The quantitative estimate of drug-likeness (QED) is 0.570. The van der Waals surface area contributed by atoms with E-state index in [1.54, 1.807) is 12.1 Å². The molecule has 0 atom stereocenters. The minimum Gasteiger partial charge on any atom is -0.465 e. The largest absolute Gasteiger partial charge is 0.465 e. The molecule has 0 unspecified atom stereocenters. The van der Waals surface area contributed by atoms with E-state index in [0.29, 0.717) is 31.9 Å². The lowest BCUT2D eigenvalue weighted by Gasteiger charge is -2.12. The molecule has 0 aliphatic heterocycles. The number of rotatable bonds is 4. The van der Waals surface area contributed by atoms with Gasteiger partial charge in [-0.05, 0) is 28.1 Å². The molecule has 1 rings (SSSR count). The van der Waals surface area contributed by atoms with E-state index in [1.807, 2.05) is 0 Å². The van der Waals surface area contributed by atoms with Gasteiger partial charge in [-0.3, -0.25) is 4.79 Å². The number of esters is 1. The van der Waals surface area contributed by atoms with Crippen LogP contribution in [0.2, 0.25) is 0 Å². The van der Waals surface area contributed by atoms with Gasteiger partial charge in [-0.15, -0.1) is 0 Å². The monoisotopic (exact) mass is 441 g/mol. The van der Waals surface area contributed by atoms with Crippen molar-refractivity contribution < 1.29 is 14.3 Å². The number of nitrogens with one attached hydrogen (secondary N) is 1. The molecule has 18 heavy (non-hydrogen) atoms. The van der Waals surface area contributed by atoms with Gasteiger partial charge < -0.3 is 10.1 Å². The smallest absolute Gasteiger partial charge is 0.340 e. The van der Waals surface area contributed by atoms with Crippen LogP contribution in [0.3, 0.4) is 0 Å². The van der Waals surface area contributed by atoms with Crippen LogP contribution in [-0.2, 0) is 9.53 Å². The van der Waals surface area contributed by atoms with E-state index >= 15 is 0 Å². The Hall–Kier alpha value is -0.400. The van der Waals surface area contributed by atoms with Crippen molar-refractivity contribution in [2.45, 2.75) is 6.42 Å². The van der Waals surface area contributed by atoms with E-state index < -0.39 is 5.97 Å². The second-order valence-corrected chi connectivity index (χ2v) is 5.85. The highest BCUT2D eigenvalue weighted by atomic mass is 79.9. The highest BCUT2D eigenvalue weighted by Gasteiger charge is 2.17. The van der Waals surface area contributed by atoms with E-state index in [2.05, 4.69) is 57.8 Å². The van der Waals surface area contributed by atoms with Gasteiger partial charge in [-0.25, -0.2) is 4.79 Å². The zero-order chi connectivity index (χ0) is 13.7. The van der Waals surface area contributed by atoms with E-state index in [0.717, 1.165) is 0 Å². The first kappa shape index (κ1) is 15.7. The first-order chi connectivity index (χ1) is 8.49. The van der Waals surface area contributed by atoms with Crippen LogP contribution in [0.5, 0.6) is 0 Å². The number of anilines is 1. The predicted molar refractivity (Wildman–Crippen MR) is 80.2 cm³/mol. The van der Waals surface area contributed by atoms with Crippen LogP contribution in [0.4, 0.5) is 5.69 Å². The van der Waals surface area contributed by atoms with Crippen molar-refractivity contribution in [2.75, 3.05) is 17.8 Å². The average molecular weight is 444 g/mol. The van der Waals surface area contributed by atoms with Crippen molar-refractivity contribution in [3.63, 3.8) is 0 Å². The summed E-state index contributed by atoms with van der Waals surface area (Å²) in [5.41, 5.74) is 0.706. The Morgan fingerprint density at radius 3 is 2.56 bits per heavy atom. The van der Waals surface area contributed by atoms with Gasteiger partial charge in [0, 0.05) is 20.7 Å². The number of alkyl halides is 1. The number of benzene rings is 1. The number of carbonyl (C=O) groups is 2. The normalized spacial score (nSPS) is 10.0. The van der Waals surface area contributed by atoms with Crippen LogP contribution in [0.25, 0.3) is 0 Å². The van der Waals surface area contributed by atoms with Gasteiger partial charge in [0.2, 0.25) is 5.91 Å². The van der Waals surface area contributed by atoms with Crippen LogP contribution >= 0.6 is 47.8 Å². The topological polar surface area (TPSA) is 55.4 Å². The van der Waals surface area contributed by atoms with Crippen molar-refractivity contribution in [3.05, 3.63) is 26.6 Å². The summed E-state index contributed by atoms with van der Waals surface area (Å²) >= 11 is 9.78. The lowest BCUT2D eigenvalue weighted by atomic mass is 10.1. The van der Waals surface area contributed by atoms with E-state index in [-0.39, 0.29) is 5.91 Å². The Bertz CT molecular complexity index is 477. The Morgan fingerprint density at radius 1 is 1.33 bits per heavy atom. The van der Waals surface area contributed by atoms with Gasteiger partial charge in [0.05, 0.1) is 18.4 Å². The van der Waals surface area contributed by atoms with Crippen molar-refractivity contribution in [1.29, 1.82) is 0 Å². The molecule has 1 aromatic carbocycles. The fourth-order valence-corrected chi connectivity index (χ4v) is 2.94. The van der Waals surface area contributed by atoms with Crippen LogP contribution in [-0.4, -0.2) is 24.3 Å². The molecule has 0 saturated heterocycles. The molecule has 0 aromatic heterocycles. The summed E-state index contributed by atoms with van der Waals surface area (Å²) in [7, 11) is 1.29. The Morgan fingerprint density at radius 2 is 2.00 bits per heavy atom. The third kappa shape index (κ3) is 4.07. The summed E-state index contributed by atoms with van der Waals surface area (Å²) in [6, 6.07) is 3.34. The van der Waals surface area contributed by atoms with E-state index in [4.69, 9.17) is 0 Å². The zero-order valence-corrected chi connectivity index (χ0v) is 14.2. The maximum atomic E-state index is 11.7. The van der Waals surface area contributed by atoms with Crippen LogP contribution < -0.4 is 5.32 Å². The Balaban J connectivity index is 3.15. The van der Waals surface area contributed by atoms with Gasteiger partial charge in [0.15, 0.2) is 0 Å². The molecule has 0 spiro atoms. The summed E-state index contributed by atoms with van der Waals surface area (Å²) in [5, 5.41) is 3.24. The minimum absolute atomic E-state index is 0.181. The summed E-state index contributed by atoms with van der Waals surface area (Å²) in [6.07, 6.45) is 0.323. The molecule has 0 saturated carbocycles. The molecule has 0 fully saturated rings. The average Bonchev–Trinajstić information content (AvgIpc) is 2.31. The molecular formula is C11H10Br3NO3. The summed E-state index contributed by atoms with van der Waals surface area (Å²) < 4.78 is 6.01. The molecular weight excluding hydrogens is 434 g/mol. The van der Waals surface area contributed by atoms with Crippen LogP contribution in [0.15, 0.2) is 21.1 Å². The van der Waals surface area contributed by atoms with Gasteiger partial charge in [0.1, 0.15) is 0 Å². The molecule has 4 nitrogen and oxygen atoms in total. The van der Waals surface area contributed by atoms with Crippen LogP contribution in [0, 0.1) is 0 Å². The van der Waals surface area contributed by atoms with Crippen molar-refractivity contribution in [3.8, 4) is 0 Å². The third-order valence-electron chi connectivity index (χ3n) is 2.05. The van der Waals surface area contributed by atoms with Crippen molar-refractivity contribution in [1.82, 2.24) is 0 Å². The summed E-state index contributed by atoms with van der Waals surface area (Å²) in [4.78, 5) is 23.2. The van der Waals surface area contributed by atoms with E-state index in [9.17, 15) is 9.59 Å².